The fourth-order valence-electron chi connectivity index (χ4n) is 3.05. The van der Waals surface area contributed by atoms with Crippen LogP contribution in [0.3, 0.4) is 0 Å². The number of Topliss-reactive ketones (excluding diaryl/α,β-unsaturated/α-hetero) is 1. The summed E-state index contributed by atoms with van der Waals surface area (Å²) in [6.07, 6.45) is 9.11. The fraction of sp³-hybridized carbons (Fsp3) is 0.917. The first-order valence-corrected chi connectivity index (χ1v) is 5.99. The molecule has 0 heterocycles. The Hall–Kier alpha value is -0.370. The van der Waals surface area contributed by atoms with Crippen molar-refractivity contribution in [1.82, 2.24) is 0 Å². The first-order chi connectivity index (χ1) is 6.73. The quantitative estimate of drug-likeness (QED) is 0.699. The van der Waals surface area contributed by atoms with E-state index in [0.29, 0.717) is 6.42 Å². The Labute approximate surface area is 85.7 Å². The molecule has 2 rings (SSSR count). The maximum absolute atomic E-state index is 11.8. The highest BCUT2D eigenvalue weighted by Gasteiger charge is 2.44. The van der Waals surface area contributed by atoms with E-state index < -0.39 is 5.60 Å². The number of ketones is 1. The van der Waals surface area contributed by atoms with Crippen LogP contribution in [0.4, 0.5) is 0 Å². The van der Waals surface area contributed by atoms with Gasteiger partial charge in [0, 0.05) is 6.42 Å². The summed E-state index contributed by atoms with van der Waals surface area (Å²) in [5, 5.41) is 10.4. The van der Waals surface area contributed by atoms with E-state index in [9.17, 15) is 9.90 Å². The predicted octanol–water partition coefficient (Wildman–Crippen LogP) is 2.44. The van der Waals surface area contributed by atoms with Gasteiger partial charge in [0.1, 0.15) is 5.60 Å². The summed E-state index contributed by atoms with van der Waals surface area (Å²) in [7, 11) is 0. The van der Waals surface area contributed by atoms with Crippen LogP contribution in [0.15, 0.2) is 0 Å². The van der Waals surface area contributed by atoms with Crippen LogP contribution in [0.1, 0.15) is 57.8 Å². The van der Waals surface area contributed by atoms with Gasteiger partial charge in [-0.1, -0.05) is 19.3 Å². The van der Waals surface area contributed by atoms with Crippen molar-refractivity contribution in [3.05, 3.63) is 0 Å². The van der Waals surface area contributed by atoms with Crippen molar-refractivity contribution in [1.29, 1.82) is 0 Å². The lowest BCUT2D eigenvalue weighted by molar-refractivity contribution is -0.149. The molecule has 0 amide bonds. The fourth-order valence-corrected chi connectivity index (χ4v) is 3.05. The smallest absolute Gasteiger partial charge is 0.164 e. The monoisotopic (exact) mass is 196 g/mol. The molecule has 2 fully saturated rings. The van der Waals surface area contributed by atoms with Gasteiger partial charge in [-0.3, -0.25) is 4.79 Å². The second-order valence-corrected chi connectivity index (χ2v) is 4.89. The Morgan fingerprint density at radius 3 is 2.43 bits per heavy atom. The minimum absolute atomic E-state index is 0.121. The highest BCUT2D eigenvalue weighted by molar-refractivity contribution is 5.88. The Morgan fingerprint density at radius 1 is 1.07 bits per heavy atom. The topological polar surface area (TPSA) is 37.3 Å². The number of carbonyl (C=O) groups is 1. The molecule has 0 radical (unpaired) electrons. The average molecular weight is 196 g/mol. The van der Waals surface area contributed by atoms with Crippen molar-refractivity contribution in [2.24, 2.45) is 5.92 Å². The number of rotatable bonds is 1. The van der Waals surface area contributed by atoms with Crippen LogP contribution in [0.5, 0.6) is 0 Å². The largest absolute Gasteiger partial charge is 0.382 e. The van der Waals surface area contributed by atoms with Crippen molar-refractivity contribution in [3.8, 4) is 0 Å². The van der Waals surface area contributed by atoms with Gasteiger partial charge in [0.15, 0.2) is 5.78 Å². The van der Waals surface area contributed by atoms with Crippen LogP contribution in [-0.2, 0) is 4.79 Å². The van der Waals surface area contributed by atoms with Crippen LogP contribution in [0.25, 0.3) is 0 Å². The molecule has 1 atom stereocenters. The van der Waals surface area contributed by atoms with Gasteiger partial charge in [-0.2, -0.15) is 0 Å². The first kappa shape index (κ1) is 10.2. The summed E-state index contributed by atoms with van der Waals surface area (Å²) >= 11 is 0. The molecule has 0 aromatic heterocycles. The zero-order valence-electron chi connectivity index (χ0n) is 8.80. The van der Waals surface area contributed by atoms with Crippen molar-refractivity contribution in [2.75, 3.05) is 0 Å². The predicted molar refractivity (Wildman–Crippen MR) is 55.0 cm³/mol. The molecule has 0 unspecified atom stereocenters. The van der Waals surface area contributed by atoms with E-state index in [0.717, 1.165) is 32.1 Å². The maximum Gasteiger partial charge on any atom is 0.164 e. The lowest BCUT2D eigenvalue weighted by Crippen LogP contribution is -2.48. The minimum Gasteiger partial charge on any atom is -0.382 e. The van der Waals surface area contributed by atoms with Crippen molar-refractivity contribution in [3.63, 3.8) is 0 Å². The lowest BCUT2D eigenvalue weighted by Gasteiger charge is -2.39. The van der Waals surface area contributed by atoms with Crippen LogP contribution < -0.4 is 0 Å². The normalized spacial score (nSPS) is 35.9. The number of hydrogen-bond donors (Lipinski definition) is 1. The molecule has 0 spiro atoms. The molecular weight excluding hydrogens is 176 g/mol. The molecule has 14 heavy (non-hydrogen) atoms. The van der Waals surface area contributed by atoms with Gasteiger partial charge in [0.2, 0.25) is 0 Å². The number of aliphatic hydroxyl groups is 1. The summed E-state index contributed by atoms with van der Waals surface area (Å²) in [6, 6.07) is 0. The molecule has 2 saturated carbocycles. The van der Waals surface area contributed by atoms with Gasteiger partial charge >= 0.3 is 0 Å². The van der Waals surface area contributed by atoms with Crippen LogP contribution >= 0.6 is 0 Å². The van der Waals surface area contributed by atoms with Crippen LogP contribution in [0, 0.1) is 5.92 Å². The van der Waals surface area contributed by atoms with E-state index in [-0.39, 0.29) is 11.7 Å². The van der Waals surface area contributed by atoms with Crippen molar-refractivity contribution >= 4 is 5.78 Å². The molecule has 0 aliphatic heterocycles. The lowest BCUT2D eigenvalue weighted by atomic mass is 9.69. The third kappa shape index (κ3) is 1.72. The Bertz CT molecular complexity index is 218. The highest BCUT2D eigenvalue weighted by Crippen LogP contribution is 2.39. The summed E-state index contributed by atoms with van der Waals surface area (Å²) < 4.78 is 0. The van der Waals surface area contributed by atoms with E-state index in [2.05, 4.69) is 0 Å². The number of hydrogen-bond acceptors (Lipinski definition) is 2. The number of carbonyl (C=O) groups excluding carboxylic acids is 1. The summed E-state index contributed by atoms with van der Waals surface area (Å²) in [5.74, 6) is 0.389. The summed E-state index contributed by atoms with van der Waals surface area (Å²) in [5.41, 5.74) is -0.932. The minimum atomic E-state index is -0.932. The van der Waals surface area contributed by atoms with Crippen molar-refractivity contribution < 1.29 is 9.90 Å². The standard InChI is InChI=1S/C12H20O2/c13-11-8-4-5-9-12(11,14)10-6-2-1-3-7-10/h10,14H,1-9H2/t12-/m0/s1. The molecule has 2 aliphatic carbocycles. The van der Waals surface area contributed by atoms with E-state index in [1.165, 1.54) is 19.3 Å². The molecular formula is C12H20O2. The average Bonchev–Trinajstić information content (AvgIpc) is 2.24. The van der Waals surface area contributed by atoms with Crippen molar-refractivity contribution in [2.45, 2.75) is 63.4 Å². The van der Waals surface area contributed by atoms with E-state index in [1.807, 2.05) is 0 Å². The second kappa shape index (κ2) is 4.01. The molecule has 2 aliphatic rings. The van der Waals surface area contributed by atoms with E-state index in [1.54, 1.807) is 0 Å². The zero-order valence-corrected chi connectivity index (χ0v) is 8.80. The molecule has 0 bridgehead atoms. The van der Waals surface area contributed by atoms with Gasteiger partial charge in [0.25, 0.3) is 0 Å². The van der Waals surface area contributed by atoms with Gasteiger partial charge < -0.3 is 5.11 Å². The van der Waals surface area contributed by atoms with E-state index in [4.69, 9.17) is 0 Å². The van der Waals surface area contributed by atoms with Crippen LogP contribution in [-0.4, -0.2) is 16.5 Å². The van der Waals surface area contributed by atoms with Crippen LogP contribution in [0.2, 0.25) is 0 Å². The molecule has 2 heteroatoms. The summed E-state index contributed by atoms with van der Waals surface area (Å²) in [6.45, 7) is 0. The van der Waals surface area contributed by atoms with Gasteiger partial charge in [0.05, 0.1) is 0 Å². The molecule has 0 aromatic carbocycles. The second-order valence-electron chi connectivity index (χ2n) is 4.89. The van der Waals surface area contributed by atoms with Gasteiger partial charge in [-0.15, -0.1) is 0 Å². The Balaban J connectivity index is 2.07. The molecule has 80 valence electrons. The van der Waals surface area contributed by atoms with Gasteiger partial charge in [-0.05, 0) is 38.0 Å². The summed E-state index contributed by atoms with van der Waals surface area (Å²) in [4.78, 5) is 11.8. The van der Waals surface area contributed by atoms with E-state index >= 15 is 0 Å². The molecule has 1 N–H and O–H groups in total. The Morgan fingerprint density at radius 2 is 1.79 bits per heavy atom. The Kier molecular flexibility index (Phi) is 2.91. The molecule has 2 nitrogen and oxygen atoms in total. The maximum atomic E-state index is 11.8. The highest BCUT2D eigenvalue weighted by atomic mass is 16.3. The third-order valence-corrected chi connectivity index (χ3v) is 3.98. The van der Waals surface area contributed by atoms with Gasteiger partial charge in [-0.25, -0.2) is 0 Å². The zero-order chi connectivity index (χ0) is 10.0. The third-order valence-electron chi connectivity index (χ3n) is 3.98. The SMILES string of the molecule is O=C1CCCC[C@]1(O)C1CCCCC1. The molecule has 0 aromatic rings. The first-order valence-electron chi connectivity index (χ1n) is 5.99. The molecule has 0 saturated heterocycles.